The molecule has 1 unspecified atom stereocenters. The Balaban J connectivity index is 1.79. The van der Waals surface area contributed by atoms with Crippen LogP contribution in [0, 0.1) is 0 Å². The first-order chi connectivity index (χ1) is 10.1. The van der Waals surface area contributed by atoms with E-state index in [2.05, 4.69) is 14.8 Å². The molecule has 3 heterocycles. The molecule has 116 valence electrons. The van der Waals surface area contributed by atoms with Crippen LogP contribution < -0.4 is 15.4 Å². The first kappa shape index (κ1) is 14.4. The largest absolute Gasteiger partial charge is 0.473 e. The van der Waals surface area contributed by atoms with Gasteiger partial charge in [0.25, 0.3) is 0 Å². The lowest BCUT2D eigenvalue weighted by Crippen LogP contribution is -2.37. The number of ether oxygens (including phenoxy) is 1. The van der Waals surface area contributed by atoms with Crippen molar-refractivity contribution < 1.29 is 4.74 Å². The summed E-state index contributed by atoms with van der Waals surface area (Å²) in [4.78, 5) is 9.67. The standard InChI is InChI=1S/C16H26N4O/c1-12(2)21-16-14(17)6-7-15(18-16)20-10-4-9-19-8-3-5-13(19)11-20/h6-7,12-13H,3-5,8-11,17H2,1-2H3. The predicted octanol–water partition coefficient (Wildman–Crippen LogP) is 2.13. The molecule has 2 saturated heterocycles. The van der Waals surface area contributed by atoms with Crippen LogP contribution in [0.5, 0.6) is 5.88 Å². The van der Waals surface area contributed by atoms with Crippen LogP contribution in [0.25, 0.3) is 0 Å². The zero-order chi connectivity index (χ0) is 14.8. The summed E-state index contributed by atoms with van der Waals surface area (Å²) in [5.41, 5.74) is 6.58. The average molecular weight is 290 g/mol. The maximum absolute atomic E-state index is 5.97. The number of nitrogens with two attached hydrogens (primary N) is 1. The van der Waals surface area contributed by atoms with Crippen LogP contribution in [-0.2, 0) is 0 Å². The lowest BCUT2D eigenvalue weighted by Gasteiger charge is -2.27. The van der Waals surface area contributed by atoms with E-state index in [1.54, 1.807) is 0 Å². The highest BCUT2D eigenvalue weighted by Crippen LogP contribution is 2.27. The Morgan fingerprint density at radius 3 is 2.86 bits per heavy atom. The van der Waals surface area contributed by atoms with E-state index in [1.165, 1.54) is 32.4 Å². The predicted molar refractivity (Wildman–Crippen MR) is 85.8 cm³/mol. The number of fused-ring (bicyclic) bond motifs is 1. The van der Waals surface area contributed by atoms with Gasteiger partial charge < -0.3 is 15.4 Å². The Labute approximate surface area is 127 Å². The Morgan fingerprint density at radius 2 is 2.05 bits per heavy atom. The molecule has 0 radical (unpaired) electrons. The summed E-state index contributed by atoms with van der Waals surface area (Å²) in [7, 11) is 0. The minimum atomic E-state index is 0.0875. The van der Waals surface area contributed by atoms with Crippen LogP contribution in [0.1, 0.15) is 33.1 Å². The quantitative estimate of drug-likeness (QED) is 0.924. The third-order valence-corrected chi connectivity index (χ3v) is 4.35. The molecule has 2 N–H and O–H groups in total. The third kappa shape index (κ3) is 3.23. The van der Waals surface area contributed by atoms with Gasteiger partial charge >= 0.3 is 0 Å². The van der Waals surface area contributed by atoms with Gasteiger partial charge in [0.1, 0.15) is 5.82 Å². The van der Waals surface area contributed by atoms with E-state index in [4.69, 9.17) is 10.5 Å². The second-order valence-electron chi connectivity index (χ2n) is 6.36. The van der Waals surface area contributed by atoms with Gasteiger partial charge in [-0.1, -0.05) is 0 Å². The molecule has 0 bridgehead atoms. The molecule has 0 aliphatic carbocycles. The summed E-state index contributed by atoms with van der Waals surface area (Å²) in [6.45, 7) is 8.59. The first-order valence-electron chi connectivity index (χ1n) is 8.05. The Kier molecular flexibility index (Phi) is 4.19. The number of nitrogen functional groups attached to an aromatic ring is 1. The maximum Gasteiger partial charge on any atom is 0.239 e. The summed E-state index contributed by atoms with van der Waals surface area (Å²) in [5, 5.41) is 0. The average Bonchev–Trinajstić information content (AvgIpc) is 2.78. The van der Waals surface area contributed by atoms with Gasteiger partial charge in [0.2, 0.25) is 5.88 Å². The second-order valence-corrected chi connectivity index (χ2v) is 6.36. The maximum atomic E-state index is 5.97. The van der Waals surface area contributed by atoms with Crippen LogP contribution in [0.2, 0.25) is 0 Å². The van der Waals surface area contributed by atoms with Crippen LogP contribution in [0.3, 0.4) is 0 Å². The minimum absolute atomic E-state index is 0.0875. The molecule has 2 fully saturated rings. The monoisotopic (exact) mass is 290 g/mol. The summed E-state index contributed by atoms with van der Waals surface area (Å²) in [6.07, 6.45) is 3.92. The summed E-state index contributed by atoms with van der Waals surface area (Å²) < 4.78 is 5.72. The van der Waals surface area contributed by atoms with E-state index < -0.39 is 0 Å². The molecule has 5 heteroatoms. The van der Waals surface area contributed by atoms with Gasteiger partial charge in [0.15, 0.2) is 0 Å². The van der Waals surface area contributed by atoms with Gasteiger partial charge in [0, 0.05) is 25.7 Å². The van der Waals surface area contributed by atoms with Gasteiger partial charge in [-0.05, 0) is 51.8 Å². The molecular weight excluding hydrogens is 264 g/mol. The van der Waals surface area contributed by atoms with Crippen molar-refractivity contribution in [2.75, 3.05) is 36.8 Å². The van der Waals surface area contributed by atoms with E-state index in [9.17, 15) is 0 Å². The van der Waals surface area contributed by atoms with Crippen molar-refractivity contribution in [1.29, 1.82) is 0 Å². The second kappa shape index (κ2) is 6.10. The fourth-order valence-corrected chi connectivity index (χ4v) is 3.35. The van der Waals surface area contributed by atoms with Crippen LogP contribution in [-0.4, -0.2) is 48.2 Å². The highest BCUT2D eigenvalue weighted by molar-refractivity contribution is 5.54. The third-order valence-electron chi connectivity index (χ3n) is 4.35. The molecule has 0 saturated carbocycles. The SMILES string of the molecule is CC(C)Oc1nc(N2CCCN3CCCC3C2)ccc1N. The molecular formula is C16H26N4O. The topological polar surface area (TPSA) is 54.6 Å². The van der Waals surface area contributed by atoms with E-state index in [-0.39, 0.29) is 6.10 Å². The van der Waals surface area contributed by atoms with E-state index in [1.807, 2.05) is 26.0 Å². The lowest BCUT2D eigenvalue weighted by atomic mass is 10.2. The van der Waals surface area contributed by atoms with Crippen molar-refractivity contribution in [3.63, 3.8) is 0 Å². The van der Waals surface area contributed by atoms with Crippen molar-refractivity contribution in [3.8, 4) is 5.88 Å². The minimum Gasteiger partial charge on any atom is -0.473 e. The van der Waals surface area contributed by atoms with Crippen molar-refractivity contribution in [2.24, 2.45) is 0 Å². The molecule has 0 amide bonds. The first-order valence-corrected chi connectivity index (χ1v) is 8.05. The van der Waals surface area contributed by atoms with Crippen LogP contribution in [0.15, 0.2) is 12.1 Å². The fraction of sp³-hybridized carbons (Fsp3) is 0.688. The van der Waals surface area contributed by atoms with Crippen LogP contribution in [0.4, 0.5) is 11.5 Å². The number of anilines is 2. The summed E-state index contributed by atoms with van der Waals surface area (Å²) in [5.74, 6) is 1.56. The van der Waals surface area contributed by atoms with Gasteiger partial charge in [-0.3, -0.25) is 4.90 Å². The number of aromatic nitrogens is 1. The van der Waals surface area contributed by atoms with Gasteiger partial charge in [-0.15, -0.1) is 0 Å². The highest BCUT2D eigenvalue weighted by atomic mass is 16.5. The van der Waals surface area contributed by atoms with Crippen molar-refractivity contribution in [2.45, 2.75) is 45.3 Å². The molecule has 1 atom stereocenters. The summed E-state index contributed by atoms with van der Waals surface area (Å²) >= 11 is 0. The molecule has 2 aliphatic heterocycles. The Bertz CT molecular complexity index is 491. The molecule has 21 heavy (non-hydrogen) atoms. The molecule has 2 aliphatic rings. The van der Waals surface area contributed by atoms with Gasteiger partial charge in [-0.2, -0.15) is 4.98 Å². The molecule has 5 nitrogen and oxygen atoms in total. The number of hydrogen-bond acceptors (Lipinski definition) is 5. The van der Waals surface area contributed by atoms with Crippen molar-refractivity contribution in [1.82, 2.24) is 9.88 Å². The zero-order valence-electron chi connectivity index (χ0n) is 13.1. The number of rotatable bonds is 3. The summed E-state index contributed by atoms with van der Waals surface area (Å²) in [6, 6.07) is 4.62. The number of pyridine rings is 1. The zero-order valence-corrected chi connectivity index (χ0v) is 13.1. The Hall–Kier alpha value is -1.49. The highest BCUT2D eigenvalue weighted by Gasteiger charge is 2.29. The lowest BCUT2D eigenvalue weighted by molar-refractivity contribution is 0.234. The van der Waals surface area contributed by atoms with Gasteiger partial charge in [0.05, 0.1) is 11.8 Å². The number of nitrogens with zero attached hydrogens (tertiary/aromatic N) is 3. The van der Waals surface area contributed by atoms with Gasteiger partial charge in [-0.25, -0.2) is 0 Å². The number of hydrogen-bond donors (Lipinski definition) is 1. The molecule has 0 aromatic carbocycles. The molecule has 3 rings (SSSR count). The van der Waals surface area contributed by atoms with E-state index >= 15 is 0 Å². The normalized spacial score (nSPS) is 23.2. The van der Waals surface area contributed by atoms with E-state index in [0.29, 0.717) is 17.6 Å². The van der Waals surface area contributed by atoms with E-state index in [0.717, 1.165) is 18.9 Å². The smallest absolute Gasteiger partial charge is 0.239 e. The molecule has 1 aromatic rings. The molecule has 0 spiro atoms. The fourth-order valence-electron chi connectivity index (χ4n) is 3.35. The Morgan fingerprint density at radius 1 is 1.24 bits per heavy atom. The van der Waals surface area contributed by atoms with Crippen molar-refractivity contribution >= 4 is 11.5 Å². The molecule has 1 aromatic heterocycles. The van der Waals surface area contributed by atoms with Crippen molar-refractivity contribution in [3.05, 3.63) is 12.1 Å². The van der Waals surface area contributed by atoms with Crippen LogP contribution >= 0.6 is 0 Å².